The van der Waals surface area contributed by atoms with Crippen LogP contribution < -0.4 is 16.2 Å². The lowest BCUT2D eigenvalue weighted by Gasteiger charge is -2.29. The largest absolute Gasteiger partial charge is 0.490 e. The summed E-state index contributed by atoms with van der Waals surface area (Å²) >= 11 is 0. The number of carbonyl (C=O) groups is 3. The van der Waals surface area contributed by atoms with Gasteiger partial charge in [-0.15, -0.1) is 0 Å². The molecule has 0 aromatic carbocycles. The van der Waals surface area contributed by atoms with Crippen LogP contribution in [0.15, 0.2) is 17.1 Å². The van der Waals surface area contributed by atoms with Crippen molar-refractivity contribution in [1.82, 2.24) is 15.6 Å². The van der Waals surface area contributed by atoms with Gasteiger partial charge in [-0.1, -0.05) is 0 Å². The average molecular weight is 433 g/mol. The van der Waals surface area contributed by atoms with Gasteiger partial charge in [-0.3, -0.25) is 14.4 Å². The summed E-state index contributed by atoms with van der Waals surface area (Å²) in [5, 5.41) is 13.2. The van der Waals surface area contributed by atoms with Crippen molar-refractivity contribution >= 4 is 17.8 Å². The molecule has 1 aromatic rings. The number of aromatic amines is 1. The lowest BCUT2D eigenvalue weighted by molar-refractivity contribution is -0.192. The van der Waals surface area contributed by atoms with Gasteiger partial charge >= 0.3 is 18.1 Å². The standard InChI is InChI=1S/C16H21N3O4.C2HF3O2/c1-10-6-13(20)18-9-12(10)14(21)19-8-11-7-16(15(22)23-11)2-4-17-5-3-16;3-2(4,5)1(6)7/h6,9,11,17H,2-5,7-8H2,1H3,(H,18,20)(H,19,21);(H,6,7). The number of hydrogen-bond acceptors (Lipinski definition) is 6. The molecule has 30 heavy (non-hydrogen) atoms. The molecule has 9 nitrogen and oxygen atoms in total. The van der Waals surface area contributed by atoms with Crippen molar-refractivity contribution in [2.45, 2.75) is 38.5 Å². The van der Waals surface area contributed by atoms with Crippen LogP contribution in [0.1, 0.15) is 35.2 Å². The molecule has 2 saturated heterocycles. The number of carboxylic acids is 1. The Morgan fingerprint density at radius 1 is 1.30 bits per heavy atom. The molecule has 0 aliphatic carbocycles. The van der Waals surface area contributed by atoms with Gasteiger partial charge in [0, 0.05) is 18.7 Å². The molecule has 2 aliphatic heterocycles. The summed E-state index contributed by atoms with van der Waals surface area (Å²) in [5.41, 5.74) is 0.417. The van der Waals surface area contributed by atoms with E-state index >= 15 is 0 Å². The highest BCUT2D eigenvalue weighted by molar-refractivity contribution is 5.95. The number of piperidine rings is 1. The van der Waals surface area contributed by atoms with E-state index in [4.69, 9.17) is 14.6 Å². The number of ether oxygens (including phenoxy) is 1. The number of hydrogen-bond donors (Lipinski definition) is 4. The molecule has 2 fully saturated rings. The quantitative estimate of drug-likeness (QED) is 0.516. The molecule has 12 heteroatoms. The molecule has 166 valence electrons. The number of aliphatic carboxylic acids is 1. The van der Waals surface area contributed by atoms with E-state index < -0.39 is 12.1 Å². The number of halogens is 3. The van der Waals surface area contributed by atoms with Crippen LogP contribution >= 0.6 is 0 Å². The molecule has 1 spiro atoms. The van der Waals surface area contributed by atoms with Crippen molar-refractivity contribution in [3.8, 4) is 0 Å². The highest BCUT2D eigenvalue weighted by Crippen LogP contribution is 2.41. The van der Waals surface area contributed by atoms with Gasteiger partial charge in [0.25, 0.3) is 5.91 Å². The molecule has 4 N–H and O–H groups in total. The van der Waals surface area contributed by atoms with Crippen molar-refractivity contribution in [2.75, 3.05) is 19.6 Å². The van der Waals surface area contributed by atoms with Gasteiger partial charge in [0.2, 0.25) is 5.56 Å². The lowest BCUT2D eigenvalue weighted by Crippen LogP contribution is -2.39. The van der Waals surface area contributed by atoms with Gasteiger partial charge in [0.15, 0.2) is 0 Å². The van der Waals surface area contributed by atoms with E-state index in [0.717, 1.165) is 25.9 Å². The fraction of sp³-hybridized carbons (Fsp3) is 0.556. The number of rotatable bonds is 3. The minimum absolute atomic E-state index is 0.140. The van der Waals surface area contributed by atoms with Crippen molar-refractivity contribution in [1.29, 1.82) is 0 Å². The Hall–Kier alpha value is -2.89. The SMILES string of the molecule is Cc1cc(=O)[nH]cc1C(=O)NCC1CC2(CCNCC2)C(=O)O1.O=C(O)C(F)(F)F. The Bertz CT molecular complexity index is 861. The smallest absolute Gasteiger partial charge is 0.475 e. The Labute approximate surface area is 169 Å². The van der Waals surface area contributed by atoms with Crippen molar-refractivity contribution in [3.63, 3.8) is 0 Å². The van der Waals surface area contributed by atoms with Gasteiger partial charge in [-0.25, -0.2) is 4.79 Å². The number of esters is 1. The molecule has 2 aliphatic rings. The third kappa shape index (κ3) is 5.81. The van der Waals surface area contributed by atoms with E-state index in [1.165, 1.54) is 12.3 Å². The first-order valence-electron chi connectivity index (χ1n) is 9.14. The fourth-order valence-corrected chi connectivity index (χ4v) is 3.38. The van der Waals surface area contributed by atoms with E-state index in [1.807, 2.05) is 0 Å². The molecule has 1 unspecified atom stereocenters. The van der Waals surface area contributed by atoms with Crippen molar-refractivity contribution in [2.24, 2.45) is 5.41 Å². The van der Waals surface area contributed by atoms with Crippen LogP contribution in [-0.2, 0) is 14.3 Å². The van der Waals surface area contributed by atoms with Crippen LogP contribution in [-0.4, -0.2) is 59.9 Å². The second-order valence-electron chi connectivity index (χ2n) is 7.17. The topological polar surface area (TPSA) is 138 Å². The normalized spacial score (nSPS) is 20.1. The summed E-state index contributed by atoms with van der Waals surface area (Å²) in [5.74, 6) is -3.17. The van der Waals surface area contributed by atoms with Crippen LogP contribution in [0.25, 0.3) is 0 Å². The van der Waals surface area contributed by atoms with Crippen LogP contribution in [0, 0.1) is 12.3 Å². The van der Waals surface area contributed by atoms with Crippen molar-refractivity contribution in [3.05, 3.63) is 33.7 Å². The van der Waals surface area contributed by atoms with Crippen LogP contribution in [0.5, 0.6) is 0 Å². The zero-order chi connectivity index (χ0) is 22.5. The number of carboxylic acid groups (broad SMARTS) is 1. The number of nitrogens with one attached hydrogen (secondary N) is 3. The summed E-state index contributed by atoms with van der Waals surface area (Å²) in [6, 6.07) is 1.38. The van der Waals surface area contributed by atoms with Gasteiger partial charge in [-0.05, 0) is 38.4 Å². The number of alkyl halides is 3. The number of aromatic nitrogens is 1. The number of aryl methyl sites for hydroxylation is 1. The second kappa shape index (κ2) is 9.28. The maximum absolute atomic E-state index is 12.2. The van der Waals surface area contributed by atoms with E-state index in [1.54, 1.807) is 6.92 Å². The molecule has 0 radical (unpaired) electrons. The van der Waals surface area contributed by atoms with Gasteiger partial charge in [0.1, 0.15) is 6.10 Å². The zero-order valence-corrected chi connectivity index (χ0v) is 16.1. The first kappa shape index (κ1) is 23.4. The number of pyridine rings is 1. The Kier molecular flexibility index (Phi) is 7.24. The Morgan fingerprint density at radius 3 is 2.43 bits per heavy atom. The monoisotopic (exact) mass is 433 g/mol. The maximum Gasteiger partial charge on any atom is 0.490 e. The number of cyclic esters (lactones) is 1. The third-order valence-corrected chi connectivity index (χ3v) is 4.99. The molecule has 3 rings (SSSR count). The summed E-state index contributed by atoms with van der Waals surface area (Å²) < 4.78 is 37.2. The molecule has 1 aromatic heterocycles. The van der Waals surface area contributed by atoms with Gasteiger partial charge < -0.3 is 25.5 Å². The lowest BCUT2D eigenvalue weighted by atomic mass is 9.76. The highest BCUT2D eigenvalue weighted by atomic mass is 19.4. The fourth-order valence-electron chi connectivity index (χ4n) is 3.38. The van der Waals surface area contributed by atoms with E-state index in [2.05, 4.69) is 15.6 Å². The summed E-state index contributed by atoms with van der Waals surface area (Å²) in [6.07, 6.45) is -1.74. The molecule has 1 amide bonds. The minimum Gasteiger partial charge on any atom is -0.475 e. The average Bonchev–Trinajstić information content (AvgIpc) is 2.95. The minimum atomic E-state index is -5.08. The zero-order valence-electron chi connectivity index (χ0n) is 16.1. The van der Waals surface area contributed by atoms with Crippen LogP contribution in [0.4, 0.5) is 13.2 Å². The third-order valence-electron chi connectivity index (χ3n) is 4.99. The highest BCUT2D eigenvalue weighted by Gasteiger charge is 2.49. The molecule has 1 atom stereocenters. The van der Waals surface area contributed by atoms with Crippen LogP contribution in [0.2, 0.25) is 0 Å². The summed E-state index contributed by atoms with van der Waals surface area (Å²) in [7, 11) is 0. The second-order valence-corrected chi connectivity index (χ2v) is 7.17. The summed E-state index contributed by atoms with van der Waals surface area (Å²) in [4.78, 5) is 46.9. The number of H-pyrrole nitrogens is 1. The molecule has 3 heterocycles. The first-order valence-corrected chi connectivity index (χ1v) is 9.14. The molecular formula is C18H22F3N3O6. The van der Waals surface area contributed by atoms with E-state index in [0.29, 0.717) is 17.5 Å². The predicted octanol–water partition coefficient (Wildman–Crippen LogP) is 0.732. The van der Waals surface area contributed by atoms with Gasteiger partial charge in [-0.2, -0.15) is 13.2 Å². The molecular weight excluding hydrogens is 411 g/mol. The maximum atomic E-state index is 12.2. The van der Waals surface area contributed by atoms with Crippen LogP contribution in [0.3, 0.4) is 0 Å². The predicted molar refractivity (Wildman–Crippen MR) is 96.9 cm³/mol. The number of carbonyl (C=O) groups excluding carboxylic acids is 2. The van der Waals surface area contributed by atoms with E-state index in [-0.39, 0.29) is 35.5 Å². The summed E-state index contributed by atoms with van der Waals surface area (Å²) in [6.45, 7) is 3.65. The number of amides is 1. The molecule has 0 bridgehead atoms. The van der Waals surface area contributed by atoms with E-state index in [9.17, 15) is 27.6 Å². The molecule has 0 saturated carbocycles. The van der Waals surface area contributed by atoms with Crippen molar-refractivity contribution < 1.29 is 37.4 Å². The van der Waals surface area contributed by atoms with Gasteiger partial charge in [0.05, 0.1) is 17.5 Å². The Balaban J connectivity index is 0.000000396. The Morgan fingerprint density at radius 2 is 1.90 bits per heavy atom. The first-order chi connectivity index (χ1) is 13.9.